The third-order valence-corrected chi connectivity index (χ3v) is 3.47. The quantitative estimate of drug-likeness (QED) is 0.604. The smallest absolute Gasteiger partial charge is 0.0679 e. The first kappa shape index (κ1) is 9.44. The van der Waals surface area contributed by atoms with Crippen molar-refractivity contribution in [2.24, 2.45) is 5.92 Å². The van der Waals surface area contributed by atoms with E-state index in [4.69, 9.17) is 0 Å². The maximum absolute atomic E-state index is 9.41. The molecule has 2 rings (SSSR count). The van der Waals surface area contributed by atoms with Crippen LogP contribution in [0.5, 0.6) is 0 Å². The van der Waals surface area contributed by atoms with E-state index in [0.29, 0.717) is 6.04 Å². The highest BCUT2D eigenvalue weighted by atomic mass is 16.3. The lowest BCUT2D eigenvalue weighted by atomic mass is 9.88. The molecule has 2 saturated heterocycles. The highest BCUT2D eigenvalue weighted by molar-refractivity contribution is 4.88. The summed E-state index contributed by atoms with van der Waals surface area (Å²) in [7, 11) is 2.19. The molecule has 76 valence electrons. The summed E-state index contributed by atoms with van der Waals surface area (Å²) < 4.78 is 0. The van der Waals surface area contributed by atoms with Gasteiger partial charge in [0.05, 0.1) is 6.10 Å². The van der Waals surface area contributed by atoms with Gasteiger partial charge in [-0.25, -0.2) is 0 Å². The molecule has 2 atom stereocenters. The first-order valence-electron chi connectivity index (χ1n) is 5.35. The summed E-state index contributed by atoms with van der Waals surface area (Å²) >= 11 is 0. The van der Waals surface area contributed by atoms with E-state index in [9.17, 15) is 5.11 Å². The molecule has 0 amide bonds. The lowest BCUT2D eigenvalue weighted by molar-refractivity contribution is 0.168. The predicted octanol–water partition coefficient (Wildman–Crippen LogP) is 0.0510. The zero-order valence-electron chi connectivity index (χ0n) is 8.37. The minimum absolute atomic E-state index is 0.0929. The lowest BCUT2D eigenvalue weighted by Gasteiger charge is -2.32. The van der Waals surface area contributed by atoms with E-state index in [2.05, 4.69) is 17.3 Å². The van der Waals surface area contributed by atoms with Crippen molar-refractivity contribution in [3.63, 3.8) is 0 Å². The Morgan fingerprint density at radius 2 is 2.00 bits per heavy atom. The van der Waals surface area contributed by atoms with Crippen LogP contribution in [0.1, 0.15) is 19.3 Å². The van der Waals surface area contributed by atoms with Gasteiger partial charge in [-0.05, 0) is 45.3 Å². The van der Waals surface area contributed by atoms with E-state index in [1.54, 1.807) is 0 Å². The largest absolute Gasteiger partial charge is 0.392 e. The number of nitrogens with zero attached hydrogens (tertiary/aromatic N) is 1. The van der Waals surface area contributed by atoms with Crippen molar-refractivity contribution in [1.82, 2.24) is 10.2 Å². The fourth-order valence-corrected chi connectivity index (χ4v) is 2.54. The molecule has 2 heterocycles. The minimum atomic E-state index is -0.0929. The SMILES string of the molecule is CN1CCC([C@@H]2C[C@@H](O)CN2)CC1. The number of aliphatic hydroxyl groups excluding tert-OH is 1. The van der Waals surface area contributed by atoms with Crippen molar-refractivity contribution < 1.29 is 5.11 Å². The average molecular weight is 184 g/mol. The van der Waals surface area contributed by atoms with Crippen LogP contribution < -0.4 is 5.32 Å². The molecule has 0 saturated carbocycles. The zero-order chi connectivity index (χ0) is 9.26. The molecule has 0 radical (unpaired) electrons. The van der Waals surface area contributed by atoms with Gasteiger partial charge in [-0.2, -0.15) is 0 Å². The maximum Gasteiger partial charge on any atom is 0.0679 e. The van der Waals surface area contributed by atoms with E-state index in [1.807, 2.05) is 0 Å². The van der Waals surface area contributed by atoms with Crippen molar-refractivity contribution >= 4 is 0 Å². The van der Waals surface area contributed by atoms with E-state index >= 15 is 0 Å². The molecule has 2 N–H and O–H groups in total. The number of hydrogen-bond donors (Lipinski definition) is 2. The van der Waals surface area contributed by atoms with Crippen molar-refractivity contribution in [2.75, 3.05) is 26.7 Å². The Labute approximate surface area is 80.1 Å². The predicted molar refractivity (Wildman–Crippen MR) is 52.6 cm³/mol. The van der Waals surface area contributed by atoms with Gasteiger partial charge in [-0.15, -0.1) is 0 Å². The molecule has 0 bridgehead atoms. The van der Waals surface area contributed by atoms with Gasteiger partial charge in [0.2, 0.25) is 0 Å². The summed E-state index contributed by atoms with van der Waals surface area (Å²) in [4.78, 5) is 2.39. The van der Waals surface area contributed by atoms with Gasteiger partial charge in [0, 0.05) is 12.6 Å². The Morgan fingerprint density at radius 1 is 1.31 bits per heavy atom. The van der Waals surface area contributed by atoms with Crippen LogP contribution in [0.15, 0.2) is 0 Å². The standard InChI is InChI=1S/C10H20N2O/c1-12-4-2-8(3-5-12)10-6-9(13)7-11-10/h8-11,13H,2-7H2,1H3/t9-,10+/m1/s1. The molecule has 2 fully saturated rings. The summed E-state index contributed by atoms with van der Waals surface area (Å²) in [6, 6.07) is 0.587. The summed E-state index contributed by atoms with van der Waals surface area (Å²) in [6.45, 7) is 3.24. The van der Waals surface area contributed by atoms with Crippen LogP contribution >= 0.6 is 0 Å². The number of aliphatic hydroxyl groups is 1. The monoisotopic (exact) mass is 184 g/mol. The summed E-state index contributed by atoms with van der Waals surface area (Å²) in [5.41, 5.74) is 0. The topological polar surface area (TPSA) is 35.5 Å². The average Bonchev–Trinajstić information content (AvgIpc) is 2.53. The van der Waals surface area contributed by atoms with Crippen LogP contribution in [0.4, 0.5) is 0 Å². The molecule has 2 aliphatic heterocycles. The van der Waals surface area contributed by atoms with Crippen LogP contribution in [-0.2, 0) is 0 Å². The first-order chi connectivity index (χ1) is 6.25. The maximum atomic E-state index is 9.41. The molecule has 2 aliphatic rings. The minimum Gasteiger partial charge on any atom is -0.392 e. The molecule has 3 nitrogen and oxygen atoms in total. The molecule has 0 aromatic heterocycles. The normalized spacial score (nSPS) is 38.3. The van der Waals surface area contributed by atoms with E-state index in [1.165, 1.54) is 25.9 Å². The van der Waals surface area contributed by atoms with Gasteiger partial charge >= 0.3 is 0 Å². The highest BCUT2D eigenvalue weighted by Gasteiger charge is 2.30. The second-order valence-electron chi connectivity index (χ2n) is 4.54. The Bertz CT molecular complexity index is 166. The van der Waals surface area contributed by atoms with E-state index in [-0.39, 0.29) is 6.10 Å². The molecule has 0 aromatic rings. The van der Waals surface area contributed by atoms with Crippen LogP contribution in [0.2, 0.25) is 0 Å². The van der Waals surface area contributed by atoms with E-state index < -0.39 is 0 Å². The second kappa shape index (κ2) is 3.95. The van der Waals surface area contributed by atoms with Crippen molar-refractivity contribution in [2.45, 2.75) is 31.4 Å². The van der Waals surface area contributed by atoms with Gasteiger partial charge in [-0.1, -0.05) is 0 Å². The van der Waals surface area contributed by atoms with Gasteiger partial charge < -0.3 is 15.3 Å². The summed E-state index contributed by atoms with van der Waals surface area (Å²) in [5.74, 6) is 0.799. The van der Waals surface area contributed by atoms with Crippen LogP contribution in [0, 0.1) is 5.92 Å². The molecule has 0 aliphatic carbocycles. The van der Waals surface area contributed by atoms with Gasteiger partial charge in [0.15, 0.2) is 0 Å². The third kappa shape index (κ3) is 2.22. The van der Waals surface area contributed by atoms with Gasteiger partial charge in [0.1, 0.15) is 0 Å². The Morgan fingerprint density at radius 3 is 2.54 bits per heavy atom. The van der Waals surface area contributed by atoms with Gasteiger partial charge in [-0.3, -0.25) is 0 Å². The number of nitrogens with one attached hydrogen (secondary N) is 1. The molecular weight excluding hydrogens is 164 g/mol. The Balaban J connectivity index is 1.81. The molecule has 0 aromatic carbocycles. The van der Waals surface area contributed by atoms with Crippen LogP contribution in [0.25, 0.3) is 0 Å². The second-order valence-corrected chi connectivity index (χ2v) is 4.54. The van der Waals surface area contributed by atoms with E-state index in [0.717, 1.165) is 18.9 Å². The number of hydrogen-bond acceptors (Lipinski definition) is 3. The molecule has 0 spiro atoms. The van der Waals surface area contributed by atoms with Crippen molar-refractivity contribution in [3.8, 4) is 0 Å². The zero-order valence-corrected chi connectivity index (χ0v) is 8.37. The summed E-state index contributed by atoms with van der Waals surface area (Å²) in [6.07, 6.45) is 3.46. The number of rotatable bonds is 1. The highest BCUT2D eigenvalue weighted by Crippen LogP contribution is 2.24. The first-order valence-corrected chi connectivity index (χ1v) is 5.35. The summed E-state index contributed by atoms with van der Waals surface area (Å²) in [5, 5.41) is 12.8. The fraction of sp³-hybridized carbons (Fsp3) is 1.00. The number of β-amino-alcohol motifs (C(OH)–C–C–N with tert-alkyl or cyclic N) is 1. The molecule has 0 unspecified atom stereocenters. The lowest BCUT2D eigenvalue weighted by Crippen LogP contribution is -2.39. The van der Waals surface area contributed by atoms with Crippen molar-refractivity contribution in [1.29, 1.82) is 0 Å². The molecule has 13 heavy (non-hydrogen) atoms. The molecule has 3 heteroatoms. The number of likely N-dealkylation sites (tertiary alicyclic amines) is 1. The Kier molecular flexibility index (Phi) is 2.86. The van der Waals surface area contributed by atoms with Gasteiger partial charge in [0.25, 0.3) is 0 Å². The Hall–Kier alpha value is -0.120. The van der Waals surface area contributed by atoms with Crippen LogP contribution in [-0.4, -0.2) is 48.8 Å². The fourth-order valence-electron chi connectivity index (χ4n) is 2.54. The number of piperidine rings is 1. The molecular formula is C10H20N2O. The third-order valence-electron chi connectivity index (χ3n) is 3.47. The van der Waals surface area contributed by atoms with Crippen LogP contribution in [0.3, 0.4) is 0 Å². The van der Waals surface area contributed by atoms with Crippen molar-refractivity contribution in [3.05, 3.63) is 0 Å².